The number of carbonyl (C=O) groups is 1. The molecule has 164 valence electrons. The number of methoxy groups -OCH3 is 1. The van der Waals surface area contributed by atoms with Crippen LogP contribution in [0.1, 0.15) is 48.8 Å². The number of aromatic nitrogens is 1. The van der Waals surface area contributed by atoms with E-state index in [9.17, 15) is 4.79 Å². The molecule has 31 heavy (non-hydrogen) atoms. The van der Waals surface area contributed by atoms with Crippen LogP contribution in [0.25, 0.3) is 10.9 Å². The number of hydrogen-bond donors (Lipinski definition) is 2. The molecule has 0 spiro atoms. The summed E-state index contributed by atoms with van der Waals surface area (Å²) in [5.41, 5.74) is 4.72. The van der Waals surface area contributed by atoms with Gasteiger partial charge in [0, 0.05) is 42.5 Å². The topological polar surface area (TPSA) is 57.4 Å². The molecule has 0 radical (unpaired) electrons. The predicted octanol–water partition coefficient (Wildman–Crippen LogP) is 4.47. The van der Waals surface area contributed by atoms with Crippen molar-refractivity contribution in [3.8, 4) is 5.75 Å². The fourth-order valence-electron chi connectivity index (χ4n) is 4.70. The minimum atomic E-state index is -0.0391. The van der Waals surface area contributed by atoms with Gasteiger partial charge in [0.05, 0.1) is 7.11 Å². The molecule has 5 nitrogen and oxygen atoms in total. The van der Waals surface area contributed by atoms with E-state index in [0.717, 1.165) is 42.9 Å². The molecule has 5 heteroatoms. The molecule has 2 aromatic carbocycles. The van der Waals surface area contributed by atoms with E-state index in [-0.39, 0.29) is 11.8 Å². The zero-order chi connectivity index (χ0) is 21.6. The molecule has 3 aromatic rings. The third-order valence-corrected chi connectivity index (χ3v) is 6.42. The molecule has 0 bridgehead atoms. The first-order valence-electron chi connectivity index (χ1n) is 11.4. The summed E-state index contributed by atoms with van der Waals surface area (Å²) in [4.78, 5) is 18.8. The molecule has 0 unspecified atom stereocenters. The van der Waals surface area contributed by atoms with E-state index in [2.05, 4.69) is 52.6 Å². The molecular weight excluding hydrogens is 386 g/mol. The summed E-state index contributed by atoms with van der Waals surface area (Å²) in [5.74, 6) is 0.863. The van der Waals surface area contributed by atoms with E-state index >= 15 is 0 Å². The third-order valence-electron chi connectivity index (χ3n) is 6.42. The van der Waals surface area contributed by atoms with Crippen LogP contribution in [0.2, 0.25) is 0 Å². The Balaban J connectivity index is 1.58. The number of H-pyrrole nitrogens is 1. The van der Waals surface area contributed by atoms with Gasteiger partial charge in [-0.2, -0.15) is 0 Å². The van der Waals surface area contributed by atoms with Crippen molar-refractivity contribution in [3.63, 3.8) is 0 Å². The molecule has 1 amide bonds. The molecule has 1 atom stereocenters. The Labute approximate surface area is 184 Å². The predicted molar refractivity (Wildman–Crippen MR) is 126 cm³/mol. The highest BCUT2D eigenvalue weighted by Crippen LogP contribution is 2.35. The Bertz CT molecular complexity index is 1020. The van der Waals surface area contributed by atoms with E-state index in [1.807, 2.05) is 18.2 Å². The van der Waals surface area contributed by atoms with Gasteiger partial charge in [0.25, 0.3) is 0 Å². The van der Waals surface area contributed by atoms with Crippen LogP contribution in [-0.4, -0.2) is 49.1 Å². The lowest BCUT2D eigenvalue weighted by molar-refractivity contribution is -0.121. The van der Waals surface area contributed by atoms with Crippen LogP contribution in [0.5, 0.6) is 5.75 Å². The Morgan fingerprint density at radius 2 is 2.00 bits per heavy atom. The second kappa shape index (κ2) is 10.0. The summed E-state index contributed by atoms with van der Waals surface area (Å²) in [5, 5.41) is 4.34. The van der Waals surface area contributed by atoms with Gasteiger partial charge in [-0.1, -0.05) is 37.3 Å². The summed E-state index contributed by atoms with van der Waals surface area (Å²) in [6.07, 6.45) is 6.00. The number of hydrogen-bond acceptors (Lipinski definition) is 3. The maximum atomic E-state index is 12.9. The number of carbonyl (C=O) groups excluding carboxylic acids is 1. The second-order valence-electron chi connectivity index (χ2n) is 8.37. The Hall–Kier alpha value is -2.79. The Kier molecular flexibility index (Phi) is 6.92. The third kappa shape index (κ3) is 4.93. The van der Waals surface area contributed by atoms with Crippen LogP contribution in [0.3, 0.4) is 0 Å². The lowest BCUT2D eigenvalue weighted by Crippen LogP contribution is -2.34. The van der Waals surface area contributed by atoms with Gasteiger partial charge in [0.15, 0.2) is 0 Å². The lowest BCUT2D eigenvalue weighted by Gasteiger charge is -2.19. The first kappa shape index (κ1) is 21.4. The highest BCUT2D eigenvalue weighted by Gasteiger charge is 2.22. The SMILES string of the molecule is CCc1cccc2c([C@@H](CC(=O)NCCN3CCCC3)c3cccc(OC)c3)c[nH]c12. The van der Waals surface area contributed by atoms with Crippen LogP contribution in [0.15, 0.2) is 48.7 Å². The number of para-hydroxylation sites is 1. The molecule has 0 saturated carbocycles. The molecule has 1 saturated heterocycles. The fourth-order valence-corrected chi connectivity index (χ4v) is 4.70. The number of nitrogens with one attached hydrogen (secondary N) is 2. The zero-order valence-corrected chi connectivity index (χ0v) is 18.6. The molecule has 1 fully saturated rings. The van der Waals surface area contributed by atoms with Crippen LogP contribution in [0.4, 0.5) is 0 Å². The number of aryl methyl sites for hydroxylation is 1. The Morgan fingerprint density at radius 3 is 2.77 bits per heavy atom. The van der Waals surface area contributed by atoms with Gasteiger partial charge in [0.1, 0.15) is 5.75 Å². The molecule has 4 rings (SSSR count). The maximum absolute atomic E-state index is 12.9. The average Bonchev–Trinajstić information content (AvgIpc) is 3.47. The van der Waals surface area contributed by atoms with Gasteiger partial charge in [-0.05, 0) is 61.2 Å². The molecule has 1 aliphatic heterocycles. The second-order valence-corrected chi connectivity index (χ2v) is 8.37. The van der Waals surface area contributed by atoms with Crippen molar-refractivity contribution in [2.75, 3.05) is 33.3 Å². The van der Waals surface area contributed by atoms with Crippen molar-refractivity contribution in [3.05, 3.63) is 65.4 Å². The first-order chi connectivity index (χ1) is 15.2. The van der Waals surface area contributed by atoms with Crippen molar-refractivity contribution >= 4 is 16.8 Å². The fraction of sp³-hybridized carbons (Fsp3) is 0.423. The molecular formula is C26H33N3O2. The van der Waals surface area contributed by atoms with Gasteiger partial charge < -0.3 is 19.9 Å². The smallest absolute Gasteiger partial charge is 0.220 e. The number of benzene rings is 2. The van der Waals surface area contributed by atoms with E-state index < -0.39 is 0 Å². The number of amides is 1. The number of ether oxygens (including phenoxy) is 1. The highest BCUT2D eigenvalue weighted by atomic mass is 16.5. The molecule has 0 aliphatic carbocycles. The quantitative estimate of drug-likeness (QED) is 0.538. The largest absolute Gasteiger partial charge is 0.497 e. The minimum Gasteiger partial charge on any atom is -0.497 e. The van der Waals surface area contributed by atoms with Gasteiger partial charge in [-0.25, -0.2) is 0 Å². The number of aromatic amines is 1. The number of nitrogens with zero attached hydrogens (tertiary/aromatic N) is 1. The summed E-state index contributed by atoms with van der Waals surface area (Å²) >= 11 is 0. The first-order valence-corrected chi connectivity index (χ1v) is 11.4. The van der Waals surface area contributed by atoms with E-state index in [0.29, 0.717) is 13.0 Å². The monoisotopic (exact) mass is 419 g/mol. The maximum Gasteiger partial charge on any atom is 0.220 e. The van der Waals surface area contributed by atoms with Gasteiger partial charge in [-0.15, -0.1) is 0 Å². The molecule has 2 N–H and O–H groups in total. The van der Waals surface area contributed by atoms with Crippen molar-refractivity contribution in [1.29, 1.82) is 0 Å². The Morgan fingerprint density at radius 1 is 1.19 bits per heavy atom. The van der Waals surface area contributed by atoms with Crippen molar-refractivity contribution < 1.29 is 9.53 Å². The normalized spacial score (nSPS) is 15.3. The van der Waals surface area contributed by atoms with Gasteiger partial charge in [-0.3, -0.25) is 4.79 Å². The molecule has 2 heterocycles. The molecule has 1 aromatic heterocycles. The van der Waals surface area contributed by atoms with Crippen LogP contribution in [-0.2, 0) is 11.2 Å². The summed E-state index contributed by atoms with van der Waals surface area (Å²) in [7, 11) is 1.68. The number of likely N-dealkylation sites (tertiary alicyclic amines) is 1. The number of fused-ring (bicyclic) bond motifs is 1. The van der Waals surface area contributed by atoms with Gasteiger partial charge in [0.2, 0.25) is 5.91 Å². The van der Waals surface area contributed by atoms with Crippen LogP contribution >= 0.6 is 0 Å². The summed E-state index contributed by atoms with van der Waals surface area (Å²) in [6, 6.07) is 14.5. The van der Waals surface area contributed by atoms with Crippen molar-refractivity contribution in [2.45, 2.75) is 38.5 Å². The van der Waals surface area contributed by atoms with Crippen LogP contribution in [0, 0.1) is 0 Å². The van der Waals surface area contributed by atoms with Crippen molar-refractivity contribution in [2.24, 2.45) is 0 Å². The van der Waals surface area contributed by atoms with Gasteiger partial charge >= 0.3 is 0 Å². The number of rotatable bonds is 9. The van der Waals surface area contributed by atoms with E-state index in [4.69, 9.17) is 4.74 Å². The minimum absolute atomic E-state index is 0.0391. The van der Waals surface area contributed by atoms with E-state index in [1.165, 1.54) is 29.3 Å². The highest BCUT2D eigenvalue weighted by molar-refractivity contribution is 5.88. The zero-order valence-electron chi connectivity index (χ0n) is 18.6. The van der Waals surface area contributed by atoms with E-state index in [1.54, 1.807) is 7.11 Å². The standard InChI is InChI=1S/C26H33N3O2/c1-3-19-8-7-11-22-24(18-28-26(19)22)23(20-9-6-10-21(16-20)31-2)17-25(30)27-12-15-29-13-4-5-14-29/h6-11,16,18,23,28H,3-5,12-15,17H2,1-2H3,(H,27,30)/t23-/m0/s1. The van der Waals surface area contributed by atoms with Crippen LogP contribution < -0.4 is 10.1 Å². The summed E-state index contributed by atoms with van der Waals surface area (Å²) < 4.78 is 5.46. The van der Waals surface area contributed by atoms with Crippen molar-refractivity contribution in [1.82, 2.24) is 15.2 Å². The average molecular weight is 420 g/mol. The lowest BCUT2D eigenvalue weighted by atomic mass is 9.87. The summed E-state index contributed by atoms with van der Waals surface area (Å²) in [6.45, 7) is 6.11. The molecule has 1 aliphatic rings.